The molecule has 3 aromatic rings. The molecule has 0 aliphatic carbocycles. The number of carbonyl (C=O) groups is 1. The predicted octanol–water partition coefficient (Wildman–Crippen LogP) is 2.54. The van der Waals surface area contributed by atoms with Gasteiger partial charge in [0.25, 0.3) is 0 Å². The van der Waals surface area contributed by atoms with Crippen LogP contribution in [0.15, 0.2) is 46.9 Å². The molecule has 0 saturated heterocycles. The molecule has 1 aromatic carbocycles. The van der Waals surface area contributed by atoms with Crippen LogP contribution in [0.3, 0.4) is 0 Å². The number of thiophene rings is 1. The molecule has 0 spiro atoms. The summed E-state index contributed by atoms with van der Waals surface area (Å²) in [4.78, 5) is 15.3. The minimum atomic E-state index is 0.0171. The van der Waals surface area contributed by atoms with Gasteiger partial charge in [0, 0.05) is 18.5 Å². The Labute approximate surface area is 160 Å². The summed E-state index contributed by atoms with van der Waals surface area (Å²) in [7, 11) is 3.42. The number of ether oxygens (including phenoxy) is 1. The SMILES string of the molecule is COc1cccc(CN(C)C(=O)CSc2nnnn2Cc2cccs2)c1. The normalized spacial score (nSPS) is 10.7. The van der Waals surface area contributed by atoms with Crippen molar-refractivity contribution in [1.82, 2.24) is 25.1 Å². The molecule has 0 saturated carbocycles. The zero-order chi connectivity index (χ0) is 18.4. The fourth-order valence-corrected chi connectivity index (χ4v) is 3.82. The number of aromatic nitrogens is 4. The minimum Gasteiger partial charge on any atom is -0.497 e. The van der Waals surface area contributed by atoms with Gasteiger partial charge in [-0.1, -0.05) is 30.0 Å². The molecule has 0 aliphatic rings. The van der Waals surface area contributed by atoms with E-state index in [0.29, 0.717) is 18.2 Å². The van der Waals surface area contributed by atoms with E-state index in [1.165, 1.54) is 16.6 Å². The van der Waals surface area contributed by atoms with Crippen molar-refractivity contribution in [3.8, 4) is 5.75 Å². The van der Waals surface area contributed by atoms with E-state index in [1.54, 1.807) is 35.1 Å². The molecular formula is C17H19N5O2S2. The fraction of sp³-hybridized carbons (Fsp3) is 0.294. The minimum absolute atomic E-state index is 0.0171. The molecule has 0 fully saturated rings. The highest BCUT2D eigenvalue weighted by Gasteiger charge is 2.14. The number of hydrogen-bond donors (Lipinski definition) is 0. The zero-order valence-electron chi connectivity index (χ0n) is 14.5. The standard InChI is InChI=1S/C17H19N5O2S2/c1-21(10-13-5-3-6-14(9-13)24-2)16(23)12-26-17-18-19-20-22(17)11-15-7-4-8-25-15/h3-9H,10-12H2,1-2H3. The van der Waals surface area contributed by atoms with E-state index in [2.05, 4.69) is 15.5 Å². The lowest BCUT2D eigenvalue weighted by Crippen LogP contribution is -2.28. The van der Waals surface area contributed by atoms with E-state index in [9.17, 15) is 4.79 Å². The first kappa shape index (κ1) is 18.4. The highest BCUT2D eigenvalue weighted by Crippen LogP contribution is 2.18. The molecule has 0 unspecified atom stereocenters. The zero-order valence-corrected chi connectivity index (χ0v) is 16.2. The number of nitrogens with zero attached hydrogens (tertiary/aromatic N) is 5. The lowest BCUT2D eigenvalue weighted by atomic mass is 10.2. The predicted molar refractivity (Wildman–Crippen MR) is 101 cm³/mol. The molecule has 1 amide bonds. The maximum atomic E-state index is 12.4. The number of rotatable bonds is 8. The van der Waals surface area contributed by atoms with E-state index in [1.807, 2.05) is 41.8 Å². The molecule has 0 radical (unpaired) electrons. The number of hydrogen-bond acceptors (Lipinski definition) is 7. The third-order valence-electron chi connectivity index (χ3n) is 3.69. The molecule has 136 valence electrons. The van der Waals surface area contributed by atoms with Crippen LogP contribution < -0.4 is 4.74 Å². The summed E-state index contributed by atoms with van der Waals surface area (Å²) < 4.78 is 6.93. The van der Waals surface area contributed by atoms with Crippen LogP contribution in [0.25, 0.3) is 0 Å². The summed E-state index contributed by atoms with van der Waals surface area (Å²) in [6.07, 6.45) is 0. The summed E-state index contributed by atoms with van der Waals surface area (Å²) in [6.45, 7) is 1.14. The Bertz CT molecular complexity index is 850. The van der Waals surface area contributed by atoms with Gasteiger partial charge >= 0.3 is 0 Å². The average Bonchev–Trinajstić information content (AvgIpc) is 3.32. The highest BCUT2D eigenvalue weighted by molar-refractivity contribution is 7.99. The number of benzene rings is 1. The summed E-state index contributed by atoms with van der Waals surface area (Å²) in [5.74, 6) is 1.08. The van der Waals surface area contributed by atoms with Crippen molar-refractivity contribution in [1.29, 1.82) is 0 Å². The lowest BCUT2D eigenvalue weighted by Gasteiger charge is -2.17. The average molecular weight is 390 g/mol. The third-order valence-corrected chi connectivity index (χ3v) is 5.49. The van der Waals surface area contributed by atoms with Crippen LogP contribution in [0, 0.1) is 0 Å². The number of thioether (sulfide) groups is 1. The lowest BCUT2D eigenvalue weighted by molar-refractivity contribution is -0.127. The third kappa shape index (κ3) is 4.83. The second-order valence-corrected chi connectivity index (χ2v) is 7.56. The first-order valence-corrected chi connectivity index (χ1v) is 9.80. The first-order valence-electron chi connectivity index (χ1n) is 7.94. The van der Waals surface area contributed by atoms with Gasteiger partial charge in [0.1, 0.15) is 5.75 Å². The largest absolute Gasteiger partial charge is 0.497 e. The molecule has 3 rings (SSSR count). The fourth-order valence-electron chi connectivity index (χ4n) is 2.32. The summed E-state index contributed by atoms with van der Waals surface area (Å²) in [6, 6.07) is 11.7. The van der Waals surface area contributed by atoms with Crippen molar-refractivity contribution < 1.29 is 9.53 Å². The number of amides is 1. The van der Waals surface area contributed by atoms with Gasteiger partial charge < -0.3 is 9.64 Å². The van der Waals surface area contributed by atoms with E-state index in [0.717, 1.165) is 11.3 Å². The molecule has 7 nitrogen and oxygen atoms in total. The Kier molecular flexibility index (Phi) is 6.24. The van der Waals surface area contributed by atoms with Crippen LogP contribution in [0.4, 0.5) is 0 Å². The van der Waals surface area contributed by atoms with Crippen LogP contribution in [0.1, 0.15) is 10.4 Å². The smallest absolute Gasteiger partial charge is 0.233 e. The first-order chi connectivity index (χ1) is 12.7. The topological polar surface area (TPSA) is 73.1 Å². The van der Waals surface area contributed by atoms with Crippen molar-refractivity contribution >= 4 is 29.0 Å². The quantitative estimate of drug-likeness (QED) is 0.551. The van der Waals surface area contributed by atoms with Crippen LogP contribution in [-0.2, 0) is 17.9 Å². The highest BCUT2D eigenvalue weighted by atomic mass is 32.2. The molecule has 2 aromatic heterocycles. The Balaban J connectivity index is 1.54. The molecule has 0 atom stereocenters. The summed E-state index contributed by atoms with van der Waals surface area (Å²) in [5, 5.41) is 14.4. The summed E-state index contributed by atoms with van der Waals surface area (Å²) >= 11 is 3.00. The van der Waals surface area contributed by atoms with Crippen molar-refractivity contribution in [3.63, 3.8) is 0 Å². The molecule has 9 heteroatoms. The molecule has 0 aliphatic heterocycles. The molecular weight excluding hydrogens is 370 g/mol. The summed E-state index contributed by atoms with van der Waals surface area (Å²) in [5.41, 5.74) is 1.02. The maximum Gasteiger partial charge on any atom is 0.233 e. The van der Waals surface area contributed by atoms with Gasteiger partial charge in [0.05, 0.1) is 19.4 Å². The van der Waals surface area contributed by atoms with E-state index >= 15 is 0 Å². The van der Waals surface area contributed by atoms with Crippen LogP contribution in [-0.4, -0.2) is 50.9 Å². The second kappa shape index (κ2) is 8.81. The molecule has 0 N–H and O–H groups in total. The Hall–Kier alpha value is -2.39. The van der Waals surface area contributed by atoms with Crippen molar-refractivity contribution in [2.75, 3.05) is 19.9 Å². The van der Waals surface area contributed by atoms with Crippen molar-refractivity contribution in [2.45, 2.75) is 18.2 Å². The maximum absolute atomic E-state index is 12.4. The van der Waals surface area contributed by atoms with Crippen molar-refractivity contribution in [2.24, 2.45) is 0 Å². The van der Waals surface area contributed by atoms with E-state index in [4.69, 9.17) is 4.74 Å². The number of carbonyl (C=O) groups excluding carboxylic acids is 1. The number of methoxy groups -OCH3 is 1. The van der Waals surface area contributed by atoms with Crippen LogP contribution in [0.2, 0.25) is 0 Å². The monoisotopic (exact) mass is 389 g/mol. The molecule has 2 heterocycles. The Morgan fingerprint density at radius 1 is 1.35 bits per heavy atom. The van der Waals surface area contributed by atoms with Crippen LogP contribution >= 0.6 is 23.1 Å². The van der Waals surface area contributed by atoms with Gasteiger partial charge in [-0.15, -0.1) is 16.4 Å². The van der Waals surface area contributed by atoms with Crippen LogP contribution in [0.5, 0.6) is 5.75 Å². The molecule has 26 heavy (non-hydrogen) atoms. The van der Waals surface area contributed by atoms with Gasteiger partial charge in [-0.3, -0.25) is 4.79 Å². The Morgan fingerprint density at radius 3 is 3.00 bits per heavy atom. The van der Waals surface area contributed by atoms with Gasteiger partial charge in [0.15, 0.2) is 0 Å². The van der Waals surface area contributed by atoms with Gasteiger partial charge in [-0.05, 0) is 39.6 Å². The van der Waals surface area contributed by atoms with E-state index in [-0.39, 0.29) is 11.7 Å². The second-order valence-electron chi connectivity index (χ2n) is 5.59. The molecule has 0 bridgehead atoms. The van der Waals surface area contributed by atoms with Gasteiger partial charge in [-0.2, -0.15) is 0 Å². The van der Waals surface area contributed by atoms with E-state index < -0.39 is 0 Å². The Morgan fingerprint density at radius 2 is 2.23 bits per heavy atom. The van der Waals surface area contributed by atoms with Gasteiger partial charge in [-0.25, -0.2) is 4.68 Å². The van der Waals surface area contributed by atoms with Gasteiger partial charge in [0.2, 0.25) is 11.1 Å². The van der Waals surface area contributed by atoms with Crippen molar-refractivity contribution in [3.05, 3.63) is 52.2 Å². The number of tetrazole rings is 1.